The quantitative estimate of drug-likeness (QED) is 0.153. The minimum atomic E-state index is 0.324. The Balaban J connectivity index is 0.855. The first-order valence-electron chi connectivity index (χ1n) is 25.6. The SMILES string of the molecule is N#Cc1ccc(-c2cc(-c3ccc4ccccc4c3)cc(-c3nc(-c4ccc(-c5ccc(C67C[C@H]8C[C@H](C6)C[C@@H](C7)C8)cc5)cc4)nc(-c4ccc(C56C[C@H]7C[C@@H](C5)C[C@@H](C6)C7)cc4)n3)c2)cc1. The summed E-state index contributed by atoms with van der Waals surface area (Å²) in [5.74, 6) is 7.48. The zero-order valence-electron chi connectivity index (χ0n) is 38.7. The largest absolute Gasteiger partial charge is 0.208 e. The molecule has 8 aliphatic carbocycles. The summed E-state index contributed by atoms with van der Waals surface area (Å²) < 4.78 is 0. The minimum Gasteiger partial charge on any atom is -0.208 e. The van der Waals surface area contributed by atoms with Gasteiger partial charge in [0.15, 0.2) is 17.5 Å². The summed E-state index contributed by atoms with van der Waals surface area (Å²) in [6.07, 6.45) is 16.9. The molecular weight excluding hydrogens is 825 g/mol. The molecule has 8 fully saturated rings. The first-order valence-corrected chi connectivity index (χ1v) is 25.6. The van der Waals surface area contributed by atoms with Crippen molar-refractivity contribution < 1.29 is 0 Å². The van der Waals surface area contributed by atoms with E-state index in [1.165, 1.54) is 105 Å². The number of nitrogens with zero attached hydrogens (tertiary/aromatic N) is 4. The van der Waals surface area contributed by atoms with Gasteiger partial charge in [-0.25, -0.2) is 15.0 Å². The molecule has 1 aromatic heterocycles. The van der Waals surface area contributed by atoms with Crippen molar-refractivity contribution in [1.82, 2.24) is 15.0 Å². The van der Waals surface area contributed by atoms with E-state index in [1.807, 2.05) is 24.3 Å². The molecular formula is C64H56N4. The molecule has 0 saturated heterocycles. The molecule has 0 amide bonds. The number of fused-ring (bicyclic) bond motifs is 1. The van der Waals surface area contributed by atoms with E-state index in [4.69, 9.17) is 15.0 Å². The molecule has 7 aromatic carbocycles. The maximum absolute atomic E-state index is 9.63. The van der Waals surface area contributed by atoms with Crippen LogP contribution in [0.25, 0.3) is 78.3 Å². The Morgan fingerprint density at radius 2 is 0.691 bits per heavy atom. The lowest BCUT2D eigenvalue weighted by Gasteiger charge is -2.57. The van der Waals surface area contributed by atoms with Crippen LogP contribution in [-0.2, 0) is 10.8 Å². The van der Waals surface area contributed by atoms with E-state index in [0.29, 0.717) is 33.9 Å². The molecule has 4 heteroatoms. The maximum atomic E-state index is 9.63. The van der Waals surface area contributed by atoms with Crippen LogP contribution in [0.1, 0.15) is 93.7 Å². The third kappa shape index (κ3) is 7.03. The molecule has 0 radical (unpaired) electrons. The number of rotatable bonds is 8. The van der Waals surface area contributed by atoms with Gasteiger partial charge < -0.3 is 0 Å². The fraction of sp³-hybridized carbons (Fsp3) is 0.312. The lowest BCUT2D eigenvalue weighted by Crippen LogP contribution is -2.48. The second-order valence-corrected chi connectivity index (χ2v) is 22.5. The van der Waals surface area contributed by atoms with Crippen LogP contribution in [0, 0.1) is 46.8 Å². The molecule has 0 N–H and O–H groups in total. The molecule has 1 heterocycles. The van der Waals surface area contributed by atoms with Gasteiger partial charge in [0.1, 0.15) is 0 Å². The van der Waals surface area contributed by atoms with Crippen LogP contribution in [-0.4, -0.2) is 15.0 Å². The third-order valence-corrected chi connectivity index (χ3v) is 18.1. The van der Waals surface area contributed by atoms with Crippen molar-refractivity contribution in [2.45, 2.75) is 87.9 Å². The fourth-order valence-corrected chi connectivity index (χ4v) is 15.7. The Hall–Kier alpha value is -6.70. The predicted molar refractivity (Wildman–Crippen MR) is 274 cm³/mol. The predicted octanol–water partition coefficient (Wildman–Crippen LogP) is 15.8. The number of benzene rings is 7. The van der Waals surface area contributed by atoms with E-state index in [1.54, 1.807) is 5.56 Å². The molecule has 8 saturated carbocycles. The molecule has 0 unspecified atom stereocenters. The van der Waals surface area contributed by atoms with E-state index in [0.717, 1.165) is 74.5 Å². The number of hydrogen-bond donors (Lipinski definition) is 0. The normalized spacial score (nSPS) is 27.4. The lowest BCUT2D eigenvalue weighted by atomic mass is 9.48. The van der Waals surface area contributed by atoms with Crippen LogP contribution in [0.4, 0.5) is 0 Å². The second-order valence-electron chi connectivity index (χ2n) is 22.5. The van der Waals surface area contributed by atoms with Gasteiger partial charge in [-0.1, -0.05) is 121 Å². The molecule has 0 atom stereocenters. The summed E-state index contributed by atoms with van der Waals surface area (Å²) in [5, 5.41) is 12.0. The van der Waals surface area contributed by atoms with Crippen molar-refractivity contribution in [3.05, 3.63) is 174 Å². The van der Waals surface area contributed by atoms with Gasteiger partial charge in [0.2, 0.25) is 0 Å². The van der Waals surface area contributed by atoms with Gasteiger partial charge in [-0.3, -0.25) is 0 Å². The van der Waals surface area contributed by atoms with E-state index < -0.39 is 0 Å². The van der Waals surface area contributed by atoms with Crippen molar-refractivity contribution in [2.75, 3.05) is 0 Å². The molecule has 68 heavy (non-hydrogen) atoms. The smallest absolute Gasteiger partial charge is 0.164 e. The van der Waals surface area contributed by atoms with Gasteiger partial charge >= 0.3 is 0 Å². The van der Waals surface area contributed by atoms with Gasteiger partial charge in [-0.05, 0) is 215 Å². The fourth-order valence-electron chi connectivity index (χ4n) is 15.7. The summed E-state index contributed by atoms with van der Waals surface area (Å²) in [6.45, 7) is 0. The second kappa shape index (κ2) is 15.7. The van der Waals surface area contributed by atoms with Gasteiger partial charge in [-0.15, -0.1) is 0 Å². The Kier molecular flexibility index (Phi) is 9.31. The van der Waals surface area contributed by atoms with Crippen LogP contribution in [0.2, 0.25) is 0 Å². The third-order valence-electron chi connectivity index (χ3n) is 18.1. The summed E-state index contributed by atoms with van der Waals surface area (Å²) in [5.41, 5.74) is 14.1. The topological polar surface area (TPSA) is 62.5 Å². The number of hydrogen-bond acceptors (Lipinski definition) is 4. The van der Waals surface area contributed by atoms with E-state index in [2.05, 4.69) is 140 Å². The maximum Gasteiger partial charge on any atom is 0.164 e. The highest BCUT2D eigenvalue weighted by atomic mass is 15.0. The molecule has 0 aliphatic heterocycles. The Morgan fingerprint density at radius 3 is 1.18 bits per heavy atom. The highest BCUT2D eigenvalue weighted by molar-refractivity contribution is 5.89. The van der Waals surface area contributed by atoms with Crippen molar-refractivity contribution in [3.8, 4) is 73.6 Å². The Labute approximate surface area is 400 Å². The number of aromatic nitrogens is 3. The van der Waals surface area contributed by atoms with Crippen molar-refractivity contribution in [1.29, 1.82) is 5.26 Å². The standard InChI is InChI=1S/C64H56N4/c65-39-40-5-7-50(8-6-40)55-30-56(54-14-11-47-3-1-2-4-53(47)29-54)32-57(31-55)62-67-60(66-61(68-62)52-17-21-59(22-18-52)64-36-44-26-45(37-64)28-46(27-44)38-64)51-12-9-48(10-13-51)49-15-19-58(20-16-49)63-33-41-23-42(34-63)25-43(24-41)35-63/h1-22,29-32,41-46H,23-28,33-38H2/t41-,42-,43-,44-,45+,46-,63?,64?. The average molecular weight is 881 g/mol. The Morgan fingerprint density at radius 1 is 0.338 bits per heavy atom. The molecule has 8 aliphatic rings. The van der Waals surface area contributed by atoms with Crippen LogP contribution in [0.5, 0.6) is 0 Å². The summed E-state index contributed by atoms with van der Waals surface area (Å²) in [4.78, 5) is 16.0. The van der Waals surface area contributed by atoms with Crippen molar-refractivity contribution in [2.24, 2.45) is 35.5 Å². The van der Waals surface area contributed by atoms with Gasteiger partial charge in [0, 0.05) is 16.7 Å². The highest BCUT2D eigenvalue weighted by Gasteiger charge is 2.52. The van der Waals surface area contributed by atoms with E-state index in [-0.39, 0.29) is 0 Å². The summed E-state index contributed by atoms with van der Waals surface area (Å²) in [7, 11) is 0. The molecule has 332 valence electrons. The van der Waals surface area contributed by atoms with Crippen LogP contribution < -0.4 is 0 Å². The van der Waals surface area contributed by atoms with E-state index in [9.17, 15) is 5.26 Å². The van der Waals surface area contributed by atoms with Crippen LogP contribution in [0.15, 0.2) is 158 Å². The van der Waals surface area contributed by atoms with Crippen LogP contribution >= 0.6 is 0 Å². The molecule has 0 spiro atoms. The van der Waals surface area contributed by atoms with Gasteiger partial charge in [-0.2, -0.15) is 5.26 Å². The summed E-state index contributed by atoms with van der Waals surface area (Å²) >= 11 is 0. The van der Waals surface area contributed by atoms with Gasteiger partial charge in [0.05, 0.1) is 11.6 Å². The molecule has 8 aromatic rings. The Bertz CT molecular complexity index is 3210. The average Bonchev–Trinajstić information content (AvgIpc) is 3.37. The zero-order valence-corrected chi connectivity index (χ0v) is 38.7. The molecule has 4 nitrogen and oxygen atoms in total. The molecule has 16 rings (SSSR count). The zero-order chi connectivity index (χ0) is 45.0. The first kappa shape index (κ1) is 40.4. The monoisotopic (exact) mass is 880 g/mol. The summed E-state index contributed by atoms with van der Waals surface area (Å²) in [6, 6.07) is 59.9. The van der Waals surface area contributed by atoms with Crippen molar-refractivity contribution in [3.63, 3.8) is 0 Å². The minimum absolute atomic E-state index is 0.324. The van der Waals surface area contributed by atoms with Gasteiger partial charge in [0.25, 0.3) is 0 Å². The number of nitriles is 1. The van der Waals surface area contributed by atoms with Crippen LogP contribution in [0.3, 0.4) is 0 Å². The first-order chi connectivity index (χ1) is 33.4. The van der Waals surface area contributed by atoms with Crippen molar-refractivity contribution >= 4 is 10.8 Å². The molecule has 8 bridgehead atoms. The van der Waals surface area contributed by atoms with E-state index >= 15 is 0 Å². The lowest BCUT2D eigenvalue weighted by molar-refractivity contribution is -0.00530. The highest BCUT2D eigenvalue weighted by Crippen LogP contribution is 2.62.